The minimum Gasteiger partial charge on any atom is -0.382 e. The second kappa shape index (κ2) is 21.1. The van der Waals surface area contributed by atoms with E-state index in [0.717, 1.165) is 0 Å². The zero-order valence-corrected chi connectivity index (χ0v) is 30.6. The fraction of sp³-hybridized carbons (Fsp3) is 0.450. The number of fused-ring (bicyclic) bond motifs is 2. The molecular weight excluding hydrogens is 778 g/mol. The molecule has 46 heavy (non-hydrogen) atoms. The summed E-state index contributed by atoms with van der Waals surface area (Å²) in [5.74, 6) is -2.61. The van der Waals surface area contributed by atoms with Gasteiger partial charge in [-0.05, 0) is 36.3 Å². The van der Waals surface area contributed by atoms with Gasteiger partial charge in [0.25, 0.3) is 5.85 Å². The molecule has 0 unspecified atom stereocenters. The van der Waals surface area contributed by atoms with Crippen LogP contribution in [0.5, 0.6) is 0 Å². The van der Waals surface area contributed by atoms with Crippen LogP contribution < -0.4 is 11.5 Å². The predicted octanol–water partition coefficient (Wildman–Crippen LogP) is 4.38. The summed E-state index contributed by atoms with van der Waals surface area (Å²) in [7, 11) is 3.20. The number of nitrogens with zero attached hydrogens (tertiary/aromatic N) is 9. The van der Waals surface area contributed by atoms with Crippen LogP contribution in [-0.2, 0) is 40.9 Å². The number of imidazole rings is 2. The van der Waals surface area contributed by atoms with Gasteiger partial charge in [0.2, 0.25) is 9.23 Å². The summed E-state index contributed by atoms with van der Waals surface area (Å²) in [6.07, 6.45) is 4.37. The SMILES string of the molecule is CC#N.C[C@H](Cn1cnc2c(N)ncnc21)OCP(=O)(Cl)Cl.C[C@H](Cn1cnc2c(N)ncnc21)OCP(=O)(O)O.Cl.O=S(Cl)Cl. The normalized spacial score (nSPS) is 12.4. The Kier molecular flexibility index (Phi) is 20.3. The van der Waals surface area contributed by atoms with E-state index in [1.54, 1.807) is 35.4 Å². The van der Waals surface area contributed by atoms with E-state index in [1.165, 1.54) is 25.9 Å². The van der Waals surface area contributed by atoms with Gasteiger partial charge < -0.3 is 39.9 Å². The lowest BCUT2D eigenvalue weighted by Crippen LogP contribution is -2.17. The molecule has 0 bridgehead atoms. The highest BCUT2D eigenvalue weighted by Crippen LogP contribution is 2.56. The van der Waals surface area contributed by atoms with E-state index < -0.39 is 35.1 Å². The number of nitrogen functional groups attached to an aromatic ring is 2. The number of nitrogens with two attached hydrogens (primary N) is 2. The molecule has 0 aliphatic rings. The summed E-state index contributed by atoms with van der Waals surface area (Å²) in [5, 5.41) is 7.32. The molecule has 0 fully saturated rings. The lowest BCUT2D eigenvalue weighted by Gasteiger charge is -2.14. The third kappa shape index (κ3) is 17.3. The smallest absolute Gasteiger partial charge is 0.350 e. The van der Waals surface area contributed by atoms with Gasteiger partial charge in [0, 0.05) is 28.3 Å². The number of nitriles is 1. The van der Waals surface area contributed by atoms with E-state index >= 15 is 0 Å². The maximum absolute atomic E-state index is 11.1. The summed E-state index contributed by atoms with van der Waals surface area (Å²) in [6.45, 7) is 5.75. The number of anilines is 2. The first-order chi connectivity index (χ1) is 20.9. The van der Waals surface area contributed by atoms with E-state index in [0.29, 0.717) is 41.2 Å². The van der Waals surface area contributed by atoms with Crippen LogP contribution in [0.15, 0.2) is 25.3 Å². The molecule has 2 atom stereocenters. The van der Waals surface area contributed by atoms with E-state index in [1.807, 2.05) is 0 Å². The minimum atomic E-state index is -4.16. The molecule has 6 N–H and O–H groups in total. The number of hydrogen-bond donors (Lipinski definition) is 4. The predicted molar refractivity (Wildman–Crippen MR) is 180 cm³/mol. The van der Waals surface area contributed by atoms with Gasteiger partial charge in [-0.1, -0.05) is 0 Å². The highest BCUT2D eigenvalue weighted by atomic mass is 36.0. The van der Waals surface area contributed by atoms with Crippen LogP contribution in [0.4, 0.5) is 11.6 Å². The lowest BCUT2D eigenvalue weighted by atomic mass is 10.4. The summed E-state index contributed by atoms with van der Waals surface area (Å²) in [6, 6.07) is 1.75. The van der Waals surface area contributed by atoms with Gasteiger partial charge in [0.15, 0.2) is 22.9 Å². The van der Waals surface area contributed by atoms with Gasteiger partial charge in [-0.3, -0.25) is 9.13 Å². The summed E-state index contributed by atoms with van der Waals surface area (Å²) in [4.78, 5) is 41.5. The van der Waals surface area contributed by atoms with Crippen molar-refractivity contribution in [1.29, 1.82) is 5.26 Å². The molecule has 4 aromatic rings. The van der Waals surface area contributed by atoms with Gasteiger partial charge in [0.05, 0.1) is 44.0 Å². The second-order valence-corrected chi connectivity index (χ2v) is 17.8. The monoisotopic (exact) mass is 805 g/mol. The lowest BCUT2D eigenvalue weighted by molar-refractivity contribution is 0.0764. The Balaban J connectivity index is 0.000000720. The molecule has 258 valence electrons. The highest BCUT2D eigenvalue weighted by Gasteiger charge is 2.18. The number of rotatable bonds is 10. The van der Waals surface area contributed by atoms with E-state index in [4.69, 9.17) is 62.7 Å². The average molecular weight is 808 g/mol. The van der Waals surface area contributed by atoms with Gasteiger partial charge in [-0.2, -0.15) is 5.26 Å². The van der Waals surface area contributed by atoms with Crippen molar-refractivity contribution in [2.45, 2.75) is 46.1 Å². The van der Waals surface area contributed by atoms with Crippen LogP contribution >= 0.6 is 69.7 Å². The quantitative estimate of drug-likeness (QED) is 0.128. The molecule has 0 aromatic carbocycles. The Hall–Kier alpha value is -1.91. The molecule has 0 spiro atoms. The minimum absolute atomic E-state index is 0. The van der Waals surface area contributed by atoms with E-state index in [2.05, 4.69) is 51.3 Å². The van der Waals surface area contributed by atoms with Gasteiger partial charge in [-0.15, -0.1) is 12.4 Å². The van der Waals surface area contributed by atoms with Crippen molar-refractivity contribution in [3.8, 4) is 6.07 Å². The topological polar surface area (TPSA) is 273 Å². The zero-order valence-electron chi connectivity index (χ0n) is 24.1. The average Bonchev–Trinajstić information content (AvgIpc) is 3.52. The van der Waals surface area contributed by atoms with Crippen LogP contribution in [0, 0.1) is 11.3 Å². The Morgan fingerprint density at radius 2 is 1.24 bits per heavy atom. The molecule has 0 aliphatic heterocycles. The Labute approximate surface area is 290 Å². The standard InChI is InChI=1S/C9H12Cl2N5O2P.C9H14N5O4P.C2H3N.Cl2OS.ClH/c1-6(18-5-19(10,11)17)2-16-4-15-7-8(12)13-3-14-9(7)16;1-6(18-5-19(15,16)17)2-14-4-13-7-8(10)11-3-12-9(7)14;1-2-3;1-4(2)3;/h3-4,6H,2,5H2,1H3,(H2,12,13,14);3-4,6H,2,5H2,1H3,(H2,10,11,12)(H2,15,16,17);1H3;;1H/t2*6-;;;/m11.../s1. The van der Waals surface area contributed by atoms with Crippen molar-refractivity contribution in [1.82, 2.24) is 39.0 Å². The van der Waals surface area contributed by atoms with Crippen LogP contribution in [0.3, 0.4) is 0 Å². The van der Waals surface area contributed by atoms with Gasteiger partial charge in [-0.25, -0.2) is 34.1 Å². The molecule has 0 radical (unpaired) electrons. The fourth-order valence-corrected chi connectivity index (χ4v) is 4.38. The van der Waals surface area contributed by atoms with Crippen LogP contribution in [0.2, 0.25) is 0 Å². The molecule has 0 aliphatic carbocycles. The van der Waals surface area contributed by atoms with Crippen LogP contribution in [-0.4, -0.2) is 77.9 Å². The van der Waals surface area contributed by atoms with Crippen molar-refractivity contribution in [2.75, 3.05) is 24.2 Å². The first-order valence-corrected chi connectivity index (χ1v) is 20.3. The molecule has 26 heteroatoms. The molecule has 4 rings (SSSR count). The molecule has 4 aromatic heterocycles. The largest absolute Gasteiger partial charge is 0.382 e. The highest BCUT2D eigenvalue weighted by molar-refractivity contribution is 8.26. The first-order valence-electron chi connectivity index (χ1n) is 12.0. The van der Waals surface area contributed by atoms with Crippen molar-refractivity contribution in [2.24, 2.45) is 0 Å². The maximum atomic E-state index is 11.1. The van der Waals surface area contributed by atoms with Gasteiger partial charge >= 0.3 is 7.60 Å². The molecule has 4 heterocycles. The molecule has 0 amide bonds. The van der Waals surface area contributed by atoms with Crippen molar-refractivity contribution in [3.63, 3.8) is 0 Å². The van der Waals surface area contributed by atoms with Gasteiger partial charge in [0.1, 0.15) is 36.4 Å². The van der Waals surface area contributed by atoms with Crippen LogP contribution in [0.25, 0.3) is 22.3 Å². The maximum Gasteiger partial charge on any atom is 0.350 e. The first kappa shape index (κ1) is 44.1. The van der Waals surface area contributed by atoms with Crippen molar-refractivity contribution >= 4 is 113 Å². The van der Waals surface area contributed by atoms with E-state index in [9.17, 15) is 9.13 Å². The Morgan fingerprint density at radius 3 is 1.57 bits per heavy atom. The molecule has 0 saturated heterocycles. The number of halogens is 5. The number of hydrogen-bond acceptors (Lipinski definition) is 14. The Bertz CT molecular complexity index is 1570. The second-order valence-electron chi connectivity index (χ2n) is 8.51. The van der Waals surface area contributed by atoms with Crippen molar-refractivity contribution < 1.29 is 32.6 Å². The van der Waals surface area contributed by atoms with Crippen LogP contribution in [0.1, 0.15) is 20.8 Å². The molecule has 18 nitrogen and oxygen atoms in total. The third-order valence-electron chi connectivity index (χ3n) is 4.80. The van der Waals surface area contributed by atoms with Crippen molar-refractivity contribution in [3.05, 3.63) is 25.3 Å². The third-order valence-corrected chi connectivity index (χ3v) is 6.32. The van der Waals surface area contributed by atoms with E-state index in [-0.39, 0.29) is 30.7 Å². The molecular formula is C20H30Cl5N11O7P2S. The fourth-order valence-electron chi connectivity index (χ4n) is 3.16. The summed E-state index contributed by atoms with van der Waals surface area (Å²) >= 11 is 10.8. The Morgan fingerprint density at radius 1 is 0.891 bits per heavy atom. The number of ether oxygens (including phenoxy) is 2. The molecule has 0 saturated carbocycles. The number of aromatic nitrogens is 8. The summed E-state index contributed by atoms with van der Waals surface area (Å²) in [5.41, 5.74) is 13.5. The zero-order chi connectivity index (χ0) is 34.4. The summed E-state index contributed by atoms with van der Waals surface area (Å²) < 4.78 is 44.8.